The fraction of sp³-hybridized carbons (Fsp3) is 0.0714. The zero-order valence-electron chi connectivity index (χ0n) is 10.1. The summed E-state index contributed by atoms with van der Waals surface area (Å²) in [4.78, 5) is 11.1. The summed E-state index contributed by atoms with van der Waals surface area (Å²) >= 11 is 0. The molecular weight excluding hydrogens is 267 g/mol. The summed E-state index contributed by atoms with van der Waals surface area (Å²) in [6.45, 7) is 0.110. The van der Waals surface area contributed by atoms with Crippen LogP contribution in [-0.4, -0.2) is 17.9 Å². The second kappa shape index (κ2) is 4.73. The number of carboxylic acids is 1. The van der Waals surface area contributed by atoms with Gasteiger partial charge in [0, 0.05) is 6.07 Å². The molecule has 1 aliphatic heterocycles. The lowest BCUT2D eigenvalue weighted by atomic mass is 10.2. The fourth-order valence-corrected chi connectivity index (χ4v) is 1.84. The highest BCUT2D eigenvalue weighted by Crippen LogP contribution is 2.37. The zero-order chi connectivity index (χ0) is 14.1. The minimum atomic E-state index is -1.26. The predicted molar refractivity (Wildman–Crippen MR) is 66.0 cm³/mol. The van der Waals surface area contributed by atoms with Crippen LogP contribution in [0.1, 0.15) is 10.4 Å². The molecule has 2 aromatic carbocycles. The van der Waals surface area contributed by atoms with Gasteiger partial charge in [-0.05, 0) is 24.3 Å². The monoisotopic (exact) mass is 276 g/mol. The van der Waals surface area contributed by atoms with Crippen molar-refractivity contribution in [1.82, 2.24) is 0 Å². The second-order valence-electron chi connectivity index (χ2n) is 4.04. The van der Waals surface area contributed by atoms with Crippen molar-refractivity contribution in [3.63, 3.8) is 0 Å². The molecule has 0 aromatic heterocycles. The first-order valence-corrected chi connectivity index (χ1v) is 5.74. The number of fused-ring (bicyclic) bond motifs is 1. The third kappa shape index (κ3) is 2.11. The zero-order valence-corrected chi connectivity index (χ0v) is 10.1. The molecule has 6 heteroatoms. The van der Waals surface area contributed by atoms with E-state index in [1.807, 2.05) is 0 Å². The Hall–Kier alpha value is -2.76. The first-order valence-electron chi connectivity index (χ1n) is 5.74. The van der Waals surface area contributed by atoms with Gasteiger partial charge >= 0.3 is 5.97 Å². The topological polar surface area (TPSA) is 65.0 Å². The molecule has 1 N–H and O–H groups in total. The molecule has 0 aliphatic carbocycles. The van der Waals surface area contributed by atoms with Crippen molar-refractivity contribution in [3.05, 3.63) is 47.8 Å². The third-order valence-corrected chi connectivity index (χ3v) is 2.76. The second-order valence-corrected chi connectivity index (χ2v) is 4.04. The Bertz CT molecular complexity index is 683. The molecule has 0 amide bonds. The molecule has 20 heavy (non-hydrogen) atoms. The summed E-state index contributed by atoms with van der Waals surface area (Å²) < 4.78 is 29.4. The van der Waals surface area contributed by atoms with Crippen LogP contribution in [0.4, 0.5) is 4.39 Å². The Kier molecular flexibility index (Phi) is 2.90. The number of carboxylic acid groups (broad SMARTS) is 1. The summed E-state index contributed by atoms with van der Waals surface area (Å²) in [6, 6.07) is 8.39. The van der Waals surface area contributed by atoms with Crippen molar-refractivity contribution in [2.45, 2.75) is 0 Å². The smallest absolute Gasteiger partial charge is 0.339 e. The van der Waals surface area contributed by atoms with Crippen LogP contribution < -0.4 is 14.2 Å². The number of rotatable bonds is 3. The summed E-state index contributed by atoms with van der Waals surface area (Å²) in [5, 5.41) is 9.03. The number of hydrogen-bond acceptors (Lipinski definition) is 4. The average molecular weight is 276 g/mol. The van der Waals surface area contributed by atoms with Crippen LogP contribution in [0.15, 0.2) is 36.4 Å². The number of carbonyl (C=O) groups is 1. The van der Waals surface area contributed by atoms with Crippen molar-refractivity contribution in [2.75, 3.05) is 6.79 Å². The van der Waals surface area contributed by atoms with E-state index in [0.29, 0.717) is 11.5 Å². The Morgan fingerprint density at radius 3 is 2.80 bits per heavy atom. The number of benzene rings is 2. The average Bonchev–Trinajstić information content (AvgIpc) is 2.88. The fourth-order valence-electron chi connectivity index (χ4n) is 1.84. The van der Waals surface area contributed by atoms with Gasteiger partial charge in [-0.1, -0.05) is 6.07 Å². The Morgan fingerprint density at radius 1 is 1.20 bits per heavy atom. The van der Waals surface area contributed by atoms with Crippen LogP contribution in [0.5, 0.6) is 23.0 Å². The van der Waals surface area contributed by atoms with Gasteiger partial charge in [-0.2, -0.15) is 0 Å². The maximum Gasteiger partial charge on any atom is 0.339 e. The van der Waals surface area contributed by atoms with E-state index in [1.54, 1.807) is 12.1 Å². The van der Waals surface area contributed by atoms with E-state index in [2.05, 4.69) is 0 Å². The number of ether oxygens (including phenoxy) is 3. The molecule has 0 fully saturated rings. The molecule has 0 bridgehead atoms. The number of para-hydroxylation sites is 1. The van der Waals surface area contributed by atoms with Gasteiger partial charge in [0.15, 0.2) is 23.1 Å². The van der Waals surface area contributed by atoms with Crippen LogP contribution in [0, 0.1) is 5.82 Å². The van der Waals surface area contributed by atoms with E-state index < -0.39 is 11.8 Å². The summed E-state index contributed by atoms with van der Waals surface area (Å²) in [5.74, 6) is -1.05. The van der Waals surface area contributed by atoms with Crippen molar-refractivity contribution in [1.29, 1.82) is 0 Å². The summed E-state index contributed by atoms with van der Waals surface area (Å²) in [5.41, 5.74) is -0.248. The van der Waals surface area contributed by atoms with Gasteiger partial charge in [0.1, 0.15) is 11.3 Å². The van der Waals surface area contributed by atoms with Gasteiger partial charge < -0.3 is 19.3 Å². The van der Waals surface area contributed by atoms with Crippen molar-refractivity contribution in [2.24, 2.45) is 0 Å². The third-order valence-electron chi connectivity index (χ3n) is 2.76. The lowest BCUT2D eigenvalue weighted by Gasteiger charge is -2.10. The summed E-state index contributed by atoms with van der Waals surface area (Å²) in [7, 11) is 0. The van der Waals surface area contributed by atoms with Crippen LogP contribution in [-0.2, 0) is 0 Å². The molecule has 2 aromatic rings. The van der Waals surface area contributed by atoms with Crippen molar-refractivity contribution >= 4 is 5.97 Å². The van der Waals surface area contributed by atoms with Crippen LogP contribution in [0.2, 0.25) is 0 Å². The molecular formula is C14H9FO5. The van der Waals surface area contributed by atoms with Crippen LogP contribution in [0.3, 0.4) is 0 Å². The number of hydrogen-bond donors (Lipinski definition) is 1. The Morgan fingerprint density at radius 2 is 2.00 bits per heavy atom. The van der Waals surface area contributed by atoms with Crippen LogP contribution in [0.25, 0.3) is 0 Å². The molecule has 5 nitrogen and oxygen atoms in total. The molecule has 0 atom stereocenters. The quantitative estimate of drug-likeness (QED) is 0.933. The highest BCUT2D eigenvalue weighted by molar-refractivity contribution is 5.91. The maximum atomic E-state index is 13.7. The van der Waals surface area contributed by atoms with Gasteiger partial charge in [0.25, 0.3) is 0 Å². The van der Waals surface area contributed by atoms with E-state index in [-0.39, 0.29) is 23.9 Å². The Labute approximate surface area is 113 Å². The largest absolute Gasteiger partial charge is 0.478 e. The van der Waals surface area contributed by atoms with Crippen LogP contribution >= 0.6 is 0 Å². The van der Waals surface area contributed by atoms with Gasteiger partial charge in [-0.15, -0.1) is 0 Å². The molecule has 1 heterocycles. The molecule has 102 valence electrons. The lowest BCUT2D eigenvalue weighted by molar-refractivity contribution is 0.0693. The van der Waals surface area contributed by atoms with E-state index in [1.165, 1.54) is 18.2 Å². The molecule has 0 saturated heterocycles. The first kappa shape index (κ1) is 12.3. The standard InChI is InChI=1S/C14H9FO5/c15-10-3-1-2-9(14(16)17)13(10)20-8-4-5-11-12(6-8)19-7-18-11/h1-6H,7H2,(H,16,17). The van der Waals surface area contributed by atoms with Crippen molar-refractivity contribution in [3.8, 4) is 23.0 Å². The van der Waals surface area contributed by atoms with Gasteiger partial charge in [0.2, 0.25) is 6.79 Å². The summed E-state index contributed by atoms with van der Waals surface area (Å²) in [6.07, 6.45) is 0. The SMILES string of the molecule is O=C(O)c1cccc(F)c1Oc1ccc2c(c1)OCO2. The molecule has 0 unspecified atom stereocenters. The van der Waals surface area contributed by atoms with E-state index in [9.17, 15) is 9.18 Å². The highest BCUT2D eigenvalue weighted by atomic mass is 19.1. The molecule has 0 saturated carbocycles. The van der Waals surface area contributed by atoms with Crippen molar-refractivity contribution < 1.29 is 28.5 Å². The minimum absolute atomic E-state index is 0.110. The molecule has 0 spiro atoms. The normalized spacial score (nSPS) is 12.2. The molecule has 3 rings (SSSR count). The lowest BCUT2D eigenvalue weighted by Crippen LogP contribution is -2.01. The van der Waals surface area contributed by atoms with E-state index >= 15 is 0 Å². The highest BCUT2D eigenvalue weighted by Gasteiger charge is 2.18. The first-order chi connectivity index (χ1) is 9.65. The van der Waals surface area contributed by atoms with Gasteiger partial charge in [-0.25, -0.2) is 9.18 Å². The minimum Gasteiger partial charge on any atom is -0.478 e. The molecule has 0 radical (unpaired) electrons. The molecule has 1 aliphatic rings. The maximum absolute atomic E-state index is 13.7. The Balaban J connectivity index is 1.97. The van der Waals surface area contributed by atoms with Gasteiger partial charge in [0.05, 0.1) is 0 Å². The number of aromatic carboxylic acids is 1. The predicted octanol–water partition coefficient (Wildman–Crippen LogP) is 3.04. The van der Waals surface area contributed by atoms with E-state index in [0.717, 1.165) is 6.07 Å². The van der Waals surface area contributed by atoms with Gasteiger partial charge in [-0.3, -0.25) is 0 Å². The number of halogens is 1. The van der Waals surface area contributed by atoms with E-state index in [4.69, 9.17) is 19.3 Å².